The Bertz CT molecular complexity index is 766. The number of rotatable bonds is 5. The van der Waals surface area contributed by atoms with Gasteiger partial charge in [0.05, 0.1) is 5.69 Å². The molecule has 0 atom stereocenters. The van der Waals surface area contributed by atoms with E-state index in [1.54, 1.807) is 4.90 Å². The number of carbonyl (C=O) groups is 1. The zero-order valence-electron chi connectivity index (χ0n) is 13.1. The molecular weight excluding hydrogens is 286 g/mol. The lowest BCUT2D eigenvalue weighted by molar-refractivity contribution is 0.0746. The summed E-state index contributed by atoms with van der Waals surface area (Å²) in [6, 6.07) is 21.6. The summed E-state index contributed by atoms with van der Waals surface area (Å²) in [5.41, 5.74) is 3.41. The van der Waals surface area contributed by atoms with Crippen LogP contribution in [0.5, 0.6) is 0 Å². The van der Waals surface area contributed by atoms with Gasteiger partial charge in [-0.15, -0.1) is 0 Å². The predicted molar refractivity (Wildman–Crippen MR) is 90.9 cm³/mol. The largest absolute Gasteiger partial charge is 0.333 e. The van der Waals surface area contributed by atoms with Crippen molar-refractivity contribution >= 4 is 5.91 Å². The van der Waals surface area contributed by atoms with Crippen molar-refractivity contribution in [1.82, 2.24) is 15.1 Å². The highest BCUT2D eigenvalue weighted by Gasteiger charge is 2.17. The smallest absolute Gasteiger partial charge is 0.272 e. The molecular formula is C19H19N3O. The van der Waals surface area contributed by atoms with Gasteiger partial charge in [-0.05, 0) is 18.6 Å². The third-order valence-corrected chi connectivity index (χ3v) is 3.76. The molecule has 0 aliphatic carbocycles. The van der Waals surface area contributed by atoms with E-state index in [2.05, 4.69) is 10.2 Å². The first kappa shape index (κ1) is 15.0. The van der Waals surface area contributed by atoms with Crippen LogP contribution >= 0.6 is 0 Å². The Hall–Kier alpha value is -2.88. The van der Waals surface area contributed by atoms with E-state index in [0.717, 1.165) is 16.8 Å². The molecule has 1 amide bonds. The maximum atomic E-state index is 12.7. The van der Waals surface area contributed by atoms with E-state index < -0.39 is 0 Å². The monoisotopic (exact) mass is 305 g/mol. The molecule has 23 heavy (non-hydrogen) atoms. The van der Waals surface area contributed by atoms with Crippen molar-refractivity contribution in [3.63, 3.8) is 0 Å². The summed E-state index contributed by atoms with van der Waals surface area (Å²) in [6.07, 6.45) is 0. The van der Waals surface area contributed by atoms with Gasteiger partial charge in [0.25, 0.3) is 5.91 Å². The van der Waals surface area contributed by atoms with E-state index in [4.69, 9.17) is 0 Å². The number of nitrogens with zero attached hydrogens (tertiary/aromatic N) is 2. The van der Waals surface area contributed by atoms with Gasteiger partial charge in [0, 0.05) is 18.7 Å². The molecule has 116 valence electrons. The van der Waals surface area contributed by atoms with Crippen molar-refractivity contribution in [1.29, 1.82) is 0 Å². The number of aromatic nitrogens is 2. The van der Waals surface area contributed by atoms with Crippen molar-refractivity contribution in [2.24, 2.45) is 0 Å². The van der Waals surface area contributed by atoms with Gasteiger partial charge >= 0.3 is 0 Å². The van der Waals surface area contributed by atoms with Gasteiger partial charge in [0.1, 0.15) is 5.69 Å². The summed E-state index contributed by atoms with van der Waals surface area (Å²) in [7, 11) is 0. The molecule has 1 aromatic heterocycles. The lowest BCUT2D eigenvalue weighted by atomic mass is 10.1. The number of benzene rings is 2. The molecule has 1 N–H and O–H groups in total. The highest BCUT2D eigenvalue weighted by Crippen LogP contribution is 2.18. The Morgan fingerprint density at radius 1 is 1.04 bits per heavy atom. The molecule has 0 bridgehead atoms. The topological polar surface area (TPSA) is 49.0 Å². The number of amides is 1. The molecule has 0 aliphatic heterocycles. The van der Waals surface area contributed by atoms with Gasteiger partial charge in [-0.3, -0.25) is 9.89 Å². The summed E-state index contributed by atoms with van der Waals surface area (Å²) in [5.74, 6) is -0.0361. The van der Waals surface area contributed by atoms with Crippen LogP contribution in [-0.4, -0.2) is 27.5 Å². The maximum Gasteiger partial charge on any atom is 0.272 e. The van der Waals surface area contributed by atoms with Gasteiger partial charge in [-0.2, -0.15) is 5.10 Å². The number of hydrogen-bond acceptors (Lipinski definition) is 2. The molecule has 0 saturated carbocycles. The van der Waals surface area contributed by atoms with Gasteiger partial charge in [0.15, 0.2) is 0 Å². The molecule has 0 fully saturated rings. The summed E-state index contributed by atoms with van der Waals surface area (Å²) in [5, 5.41) is 7.12. The van der Waals surface area contributed by atoms with Crippen LogP contribution in [0.15, 0.2) is 66.7 Å². The molecule has 3 aromatic rings. The summed E-state index contributed by atoms with van der Waals surface area (Å²) < 4.78 is 0. The molecule has 0 aliphatic rings. The Morgan fingerprint density at radius 3 is 2.35 bits per heavy atom. The first-order valence-corrected chi connectivity index (χ1v) is 7.72. The van der Waals surface area contributed by atoms with Crippen LogP contribution in [0, 0.1) is 0 Å². The second-order valence-electron chi connectivity index (χ2n) is 5.34. The molecule has 4 heteroatoms. The summed E-state index contributed by atoms with van der Waals surface area (Å²) in [4.78, 5) is 14.5. The normalized spacial score (nSPS) is 10.5. The number of aromatic amines is 1. The lowest BCUT2D eigenvalue weighted by Gasteiger charge is -2.20. The number of nitrogens with one attached hydrogen (secondary N) is 1. The van der Waals surface area contributed by atoms with Gasteiger partial charge in [0.2, 0.25) is 0 Å². The first-order valence-electron chi connectivity index (χ1n) is 7.72. The van der Waals surface area contributed by atoms with E-state index in [1.165, 1.54) is 0 Å². The highest BCUT2D eigenvalue weighted by atomic mass is 16.2. The SMILES string of the molecule is CCN(Cc1ccccc1)C(=O)c1cc(-c2ccccc2)n[nH]1. The summed E-state index contributed by atoms with van der Waals surface area (Å²) in [6.45, 7) is 3.22. The number of carbonyl (C=O) groups excluding carboxylic acids is 1. The van der Waals surface area contributed by atoms with E-state index in [9.17, 15) is 4.79 Å². The quantitative estimate of drug-likeness (QED) is 0.780. The highest BCUT2D eigenvalue weighted by molar-refractivity contribution is 5.93. The van der Waals surface area contributed by atoms with E-state index >= 15 is 0 Å². The van der Waals surface area contributed by atoms with Gasteiger partial charge in [-0.25, -0.2) is 0 Å². The second-order valence-corrected chi connectivity index (χ2v) is 5.34. The molecule has 0 unspecified atom stereocenters. The van der Waals surface area contributed by atoms with Crippen LogP contribution in [0.25, 0.3) is 11.3 Å². The lowest BCUT2D eigenvalue weighted by Crippen LogP contribution is -2.30. The minimum Gasteiger partial charge on any atom is -0.333 e. The molecule has 1 heterocycles. The molecule has 0 spiro atoms. The molecule has 2 aromatic carbocycles. The van der Waals surface area contributed by atoms with Crippen molar-refractivity contribution in [3.8, 4) is 11.3 Å². The van der Waals surface area contributed by atoms with Crippen molar-refractivity contribution in [3.05, 3.63) is 78.0 Å². The van der Waals surface area contributed by atoms with Crippen molar-refractivity contribution < 1.29 is 4.79 Å². The molecule has 0 saturated heterocycles. The number of H-pyrrole nitrogens is 1. The predicted octanol–water partition coefficient (Wildman–Crippen LogP) is 3.74. The van der Waals surface area contributed by atoms with Crippen LogP contribution < -0.4 is 0 Å². The fourth-order valence-corrected chi connectivity index (χ4v) is 2.49. The van der Waals surface area contributed by atoms with E-state index in [1.807, 2.05) is 73.7 Å². The van der Waals surface area contributed by atoms with Crippen LogP contribution in [0.2, 0.25) is 0 Å². The minimum absolute atomic E-state index is 0.0361. The fraction of sp³-hybridized carbons (Fsp3) is 0.158. The standard InChI is InChI=1S/C19H19N3O/c1-2-22(14-15-9-5-3-6-10-15)19(23)18-13-17(20-21-18)16-11-7-4-8-12-16/h3-13H,2,14H2,1H3,(H,20,21). The Labute approximate surface area is 135 Å². The van der Waals surface area contributed by atoms with Gasteiger partial charge < -0.3 is 4.90 Å². The van der Waals surface area contributed by atoms with Crippen molar-refractivity contribution in [2.45, 2.75) is 13.5 Å². The Kier molecular flexibility index (Phi) is 4.52. The second kappa shape index (κ2) is 6.92. The zero-order valence-corrected chi connectivity index (χ0v) is 13.1. The van der Waals surface area contributed by atoms with Crippen molar-refractivity contribution in [2.75, 3.05) is 6.54 Å². The van der Waals surface area contributed by atoms with E-state index in [0.29, 0.717) is 18.8 Å². The van der Waals surface area contributed by atoms with E-state index in [-0.39, 0.29) is 5.91 Å². The molecule has 0 radical (unpaired) electrons. The Balaban J connectivity index is 1.78. The molecule has 4 nitrogen and oxygen atoms in total. The third kappa shape index (κ3) is 3.48. The van der Waals surface area contributed by atoms with Crippen LogP contribution in [0.3, 0.4) is 0 Å². The third-order valence-electron chi connectivity index (χ3n) is 3.76. The fourth-order valence-electron chi connectivity index (χ4n) is 2.49. The number of hydrogen-bond donors (Lipinski definition) is 1. The van der Waals surface area contributed by atoms with Crippen LogP contribution in [-0.2, 0) is 6.54 Å². The van der Waals surface area contributed by atoms with Crippen LogP contribution in [0.1, 0.15) is 23.0 Å². The minimum atomic E-state index is -0.0361. The summed E-state index contributed by atoms with van der Waals surface area (Å²) >= 11 is 0. The molecule has 3 rings (SSSR count). The first-order chi connectivity index (χ1) is 11.3. The zero-order chi connectivity index (χ0) is 16.1. The van der Waals surface area contributed by atoms with Crippen LogP contribution in [0.4, 0.5) is 0 Å². The Morgan fingerprint density at radius 2 is 1.70 bits per heavy atom. The average Bonchev–Trinajstić information content (AvgIpc) is 3.11. The maximum absolute atomic E-state index is 12.7. The van der Waals surface area contributed by atoms with Gasteiger partial charge in [-0.1, -0.05) is 60.7 Å². The average molecular weight is 305 g/mol.